The second-order valence-electron chi connectivity index (χ2n) is 9.45. The number of nitrogens with zero attached hydrogens (tertiary/aromatic N) is 1. The van der Waals surface area contributed by atoms with E-state index in [4.69, 9.17) is 14.2 Å². The van der Waals surface area contributed by atoms with Crippen LogP contribution in [-0.4, -0.2) is 75.6 Å². The van der Waals surface area contributed by atoms with Gasteiger partial charge in [-0.15, -0.1) is 0 Å². The Bertz CT molecular complexity index is 427. The van der Waals surface area contributed by atoms with Crippen molar-refractivity contribution in [2.45, 2.75) is 66.3 Å². The van der Waals surface area contributed by atoms with E-state index in [1.807, 2.05) is 4.90 Å². The smallest absolute Gasteiger partial charge is 0.224 e. The lowest BCUT2D eigenvalue weighted by atomic mass is 9.72. The van der Waals surface area contributed by atoms with Crippen LogP contribution in [-0.2, 0) is 19.0 Å². The van der Waals surface area contributed by atoms with E-state index in [2.05, 4.69) is 46.9 Å². The van der Waals surface area contributed by atoms with Crippen molar-refractivity contribution in [3.63, 3.8) is 0 Å². The summed E-state index contributed by atoms with van der Waals surface area (Å²) in [5.74, 6) is 0.877. The van der Waals surface area contributed by atoms with E-state index >= 15 is 0 Å². The number of rotatable bonds is 13. The first-order valence-corrected chi connectivity index (χ1v) is 10.9. The van der Waals surface area contributed by atoms with Crippen molar-refractivity contribution in [2.75, 3.05) is 59.3 Å². The maximum absolute atomic E-state index is 12.3. The fourth-order valence-corrected chi connectivity index (χ4v) is 3.20. The first-order valence-electron chi connectivity index (χ1n) is 10.9. The average Bonchev–Trinajstić information content (AvgIpc) is 2.62. The van der Waals surface area contributed by atoms with Crippen molar-refractivity contribution in [2.24, 2.45) is 11.3 Å². The minimum atomic E-state index is 0.126. The number of carbonyl (C=O) groups is 1. The summed E-state index contributed by atoms with van der Waals surface area (Å²) in [4.78, 5) is 14.3. The van der Waals surface area contributed by atoms with Gasteiger partial charge in [-0.2, -0.15) is 0 Å². The molecule has 1 saturated heterocycles. The number of hydrogen-bond acceptors (Lipinski definition) is 5. The van der Waals surface area contributed by atoms with Gasteiger partial charge in [-0.05, 0) is 44.9 Å². The van der Waals surface area contributed by atoms with Crippen molar-refractivity contribution >= 4 is 5.91 Å². The van der Waals surface area contributed by atoms with Crippen molar-refractivity contribution in [3.8, 4) is 0 Å². The molecule has 1 amide bonds. The molecule has 0 bridgehead atoms. The molecule has 1 aliphatic rings. The van der Waals surface area contributed by atoms with Gasteiger partial charge in [-0.1, -0.05) is 20.8 Å². The largest absolute Gasteiger partial charge is 0.379 e. The van der Waals surface area contributed by atoms with Gasteiger partial charge in [-0.25, -0.2) is 0 Å². The lowest BCUT2D eigenvalue weighted by Crippen LogP contribution is -2.44. The van der Waals surface area contributed by atoms with Crippen LogP contribution in [0.15, 0.2) is 0 Å². The van der Waals surface area contributed by atoms with Crippen molar-refractivity contribution in [1.29, 1.82) is 0 Å². The van der Waals surface area contributed by atoms with E-state index in [1.165, 1.54) is 0 Å². The lowest BCUT2D eigenvalue weighted by Gasteiger charge is -2.42. The second-order valence-corrected chi connectivity index (χ2v) is 9.45. The summed E-state index contributed by atoms with van der Waals surface area (Å²) in [7, 11) is 0. The molecule has 0 atom stereocenters. The van der Waals surface area contributed by atoms with Gasteiger partial charge in [0.15, 0.2) is 0 Å². The number of nitrogens with one attached hydrogen (secondary N) is 1. The number of ether oxygens (including phenoxy) is 3. The molecule has 0 aromatic heterocycles. The highest BCUT2D eigenvalue weighted by atomic mass is 16.5. The van der Waals surface area contributed by atoms with Gasteiger partial charge in [0.25, 0.3) is 0 Å². The van der Waals surface area contributed by atoms with Crippen LogP contribution >= 0.6 is 0 Å². The molecule has 0 unspecified atom stereocenters. The summed E-state index contributed by atoms with van der Waals surface area (Å²) >= 11 is 0. The molecular weight excluding hydrogens is 356 g/mol. The second kappa shape index (κ2) is 12.8. The normalized spacial score (nSPS) is 17.3. The van der Waals surface area contributed by atoms with Gasteiger partial charge in [0, 0.05) is 25.2 Å². The predicted molar refractivity (Wildman–Crippen MR) is 114 cm³/mol. The summed E-state index contributed by atoms with van der Waals surface area (Å²) in [6.45, 7) is 19.3. The Kier molecular flexibility index (Phi) is 11.6. The topological polar surface area (TPSA) is 60.0 Å². The Morgan fingerprint density at radius 1 is 0.964 bits per heavy atom. The summed E-state index contributed by atoms with van der Waals surface area (Å²) < 4.78 is 16.5. The lowest BCUT2D eigenvalue weighted by molar-refractivity contribution is -0.135. The number of likely N-dealkylation sites (tertiary alicyclic amines) is 1. The van der Waals surface area contributed by atoms with Crippen LogP contribution in [0.5, 0.6) is 0 Å². The quantitative estimate of drug-likeness (QED) is 0.482. The maximum atomic E-state index is 12.3. The van der Waals surface area contributed by atoms with Gasteiger partial charge in [-0.3, -0.25) is 4.79 Å². The van der Waals surface area contributed by atoms with Crippen LogP contribution < -0.4 is 5.32 Å². The molecule has 0 aromatic rings. The zero-order valence-corrected chi connectivity index (χ0v) is 19.1. The molecule has 6 nitrogen and oxygen atoms in total. The van der Waals surface area contributed by atoms with Gasteiger partial charge >= 0.3 is 0 Å². The molecule has 0 spiro atoms. The molecule has 28 heavy (non-hydrogen) atoms. The summed E-state index contributed by atoms with van der Waals surface area (Å²) in [5.41, 5.74) is 0.499. The van der Waals surface area contributed by atoms with Crippen LogP contribution in [0.4, 0.5) is 0 Å². The van der Waals surface area contributed by atoms with Crippen LogP contribution in [0.3, 0.4) is 0 Å². The molecule has 166 valence electrons. The van der Waals surface area contributed by atoms with Gasteiger partial charge in [0.1, 0.15) is 0 Å². The highest BCUT2D eigenvalue weighted by Gasteiger charge is 2.33. The Morgan fingerprint density at radius 2 is 1.46 bits per heavy atom. The Morgan fingerprint density at radius 3 is 1.96 bits per heavy atom. The standard InChI is InChI=1S/C22H44N2O4/c1-19(2)22(6)8-11-24(12-9-22)20(25)7-13-26-15-17-28-18-16-27-14-10-23-21(3,4)5/h19,23H,7-18H2,1-6H3. The minimum Gasteiger partial charge on any atom is -0.379 e. The van der Waals surface area contributed by atoms with Crippen molar-refractivity contribution < 1.29 is 19.0 Å². The van der Waals surface area contributed by atoms with E-state index in [0.29, 0.717) is 57.4 Å². The molecule has 0 saturated carbocycles. The third-order valence-corrected chi connectivity index (χ3v) is 5.76. The van der Waals surface area contributed by atoms with Gasteiger partial charge in [0.05, 0.1) is 46.1 Å². The highest BCUT2D eigenvalue weighted by Crippen LogP contribution is 2.38. The summed E-state index contributed by atoms with van der Waals surface area (Å²) in [6, 6.07) is 0. The van der Waals surface area contributed by atoms with Crippen LogP contribution in [0.1, 0.15) is 60.8 Å². The Hall–Kier alpha value is -0.690. The van der Waals surface area contributed by atoms with E-state index in [9.17, 15) is 4.79 Å². The fourth-order valence-electron chi connectivity index (χ4n) is 3.20. The molecule has 6 heteroatoms. The van der Waals surface area contributed by atoms with Crippen LogP contribution in [0, 0.1) is 11.3 Å². The molecule has 1 rings (SSSR count). The Labute approximate surface area is 172 Å². The zero-order valence-electron chi connectivity index (χ0n) is 19.1. The number of hydrogen-bond donors (Lipinski definition) is 1. The SMILES string of the molecule is CC(C)C1(C)CCN(C(=O)CCOCCOCCOCCNC(C)(C)C)CC1. The third kappa shape index (κ3) is 10.7. The molecule has 0 aliphatic carbocycles. The van der Waals surface area contributed by atoms with Crippen molar-refractivity contribution in [3.05, 3.63) is 0 Å². The molecule has 1 N–H and O–H groups in total. The first-order chi connectivity index (χ1) is 13.1. The molecule has 0 aromatic carbocycles. The minimum absolute atomic E-state index is 0.126. The highest BCUT2D eigenvalue weighted by molar-refractivity contribution is 5.76. The summed E-state index contributed by atoms with van der Waals surface area (Å²) in [5, 5.41) is 3.37. The fraction of sp³-hybridized carbons (Fsp3) is 0.955. The Balaban J connectivity index is 1.92. The molecule has 1 fully saturated rings. The van der Waals surface area contributed by atoms with E-state index in [0.717, 1.165) is 32.5 Å². The van der Waals surface area contributed by atoms with E-state index in [1.54, 1.807) is 0 Å². The molecule has 1 heterocycles. The van der Waals surface area contributed by atoms with Crippen LogP contribution in [0.25, 0.3) is 0 Å². The number of amides is 1. The van der Waals surface area contributed by atoms with E-state index in [-0.39, 0.29) is 11.4 Å². The molecule has 1 aliphatic heterocycles. The third-order valence-electron chi connectivity index (χ3n) is 5.76. The van der Waals surface area contributed by atoms with Crippen LogP contribution in [0.2, 0.25) is 0 Å². The van der Waals surface area contributed by atoms with Crippen molar-refractivity contribution in [1.82, 2.24) is 10.2 Å². The molecular formula is C22H44N2O4. The monoisotopic (exact) mass is 400 g/mol. The number of piperidine rings is 1. The predicted octanol–water partition coefficient (Wildman–Crippen LogP) is 3.10. The maximum Gasteiger partial charge on any atom is 0.224 e. The zero-order chi connectivity index (χ0) is 21.0. The first kappa shape index (κ1) is 25.3. The molecule has 0 radical (unpaired) electrons. The van der Waals surface area contributed by atoms with E-state index < -0.39 is 0 Å². The van der Waals surface area contributed by atoms with Gasteiger partial charge in [0.2, 0.25) is 5.91 Å². The van der Waals surface area contributed by atoms with Gasteiger partial charge < -0.3 is 24.4 Å². The average molecular weight is 401 g/mol. The number of carbonyl (C=O) groups excluding carboxylic acids is 1. The summed E-state index contributed by atoms with van der Waals surface area (Å²) in [6.07, 6.45) is 2.65.